The zero-order valence-electron chi connectivity index (χ0n) is 12.5. The Kier molecular flexibility index (Phi) is 6.75. The van der Waals surface area contributed by atoms with E-state index in [2.05, 4.69) is 36.9 Å². The molecule has 1 unspecified atom stereocenters. The predicted molar refractivity (Wildman–Crippen MR) is 79.7 cm³/mol. The Morgan fingerprint density at radius 1 is 1.22 bits per heavy atom. The van der Waals surface area contributed by atoms with Gasteiger partial charge in [0, 0.05) is 18.0 Å². The molecule has 2 nitrogen and oxygen atoms in total. The summed E-state index contributed by atoms with van der Waals surface area (Å²) in [5, 5.41) is 3.64. The first kappa shape index (κ1) is 15.5. The van der Waals surface area contributed by atoms with E-state index in [4.69, 9.17) is 6.42 Å². The fraction of sp³-hybridized carbons (Fsp3) is 0.875. The van der Waals surface area contributed by atoms with Crippen LogP contribution in [-0.4, -0.2) is 36.1 Å². The molecule has 0 aromatic heterocycles. The molecule has 1 aliphatic rings. The van der Waals surface area contributed by atoms with Crippen LogP contribution in [0.25, 0.3) is 0 Å². The van der Waals surface area contributed by atoms with E-state index in [1.807, 2.05) is 0 Å². The van der Waals surface area contributed by atoms with Gasteiger partial charge in [0.05, 0.1) is 0 Å². The largest absolute Gasteiger partial charge is 0.312 e. The molecule has 0 amide bonds. The third kappa shape index (κ3) is 4.30. The Bertz CT molecular complexity index is 257. The van der Waals surface area contributed by atoms with Crippen molar-refractivity contribution in [3.05, 3.63) is 0 Å². The van der Waals surface area contributed by atoms with Crippen molar-refractivity contribution in [3.63, 3.8) is 0 Å². The van der Waals surface area contributed by atoms with E-state index in [0.717, 1.165) is 19.4 Å². The average Bonchev–Trinajstić information content (AvgIpc) is 2.63. The van der Waals surface area contributed by atoms with Gasteiger partial charge in [-0.15, -0.1) is 12.3 Å². The first-order chi connectivity index (χ1) is 8.62. The summed E-state index contributed by atoms with van der Waals surface area (Å²) in [5.41, 5.74) is 0.206. The Balaban J connectivity index is 2.68. The fourth-order valence-electron chi connectivity index (χ4n) is 3.05. The summed E-state index contributed by atoms with van der Waals surface area (Å²) in [6.07, 6.45) is 12.8. The molecule has 0 saturated carbocycles. The number of hydrogen-bond acceptors (Lipinski definition) is 2. The molecule has 0 aromatic carbocycles. The van der Waals surface area contributed by atoms with E-state index in [1.54, 1.807) is 0 Å². The second kappa shape index (κ2) is 7.81. The van der Waals surface area contributed by atoms with E-state index in [1.165, 1.54) is 38.8 Å². The molecule has 0 aliphatic carbocycles. The molecule has 1 rings (SSSR count). The lowest BCUT2D eigenvalue weighted by atomic mass is 9.88. The molecule has 1 saturated heterocycles. The number of rotatable bonds is 6. The van der Waals surface area contributed by atoms with Crippen LogP contribution in [0.15, 0.2) is 0 Å². The number of likely N-dealkylation sites (N-methyl/N-ethyl adjacent to an activating group) is 1. The highest BCUT2D eigenvalue weighted by Gasteiger charge is 2.34. The second-order valence-corrected chi connectivity index (χ2v) is 5.91. The summed E-state index contributed by atoms with van der Waals surface area (Å²) >= 11 is 0. The maximum atomic E-state index is 5.43. The molecular formula is C16H30N2. The summed E-state index contributed by atoms with van der Waals surface area (Å²) in [5.74, 6) is 2.79. The lowest BCUT2D eigenvalue weighted by Gasteiger charge is -2.44. The smallest absolute Gasteiger partial charge is 0.0306 e. The maximum absolute atomic E-state index is 5.43. The minimum absolute atomic E-state index is 0.206. The molecule has 1 aliphatic heterocycles. The van der Waals surface area contributed by atoms with Gasteiger partial charge in [0.2, 0.25) is 0 Å². The molecule has 0 spiro atoms. The summed E-state index contributed by atoms with van der Waals surface area (Å²) in [7, 11) is 0. The highest BCUT2D eigenvalue weighted by Crippen LogP contribution is 2.25. The van der Waals surface area contributed by atoms with Crippen molar-refractivity contribution in [2.24, 2.45) is 0 Å². The predicted octanol–water partition coefficient (Wildman–Crippen LogP) is 3.03. The molecule has 0 bridgehead atoms. The van der Waals surface area contributed by atoms with Gasteiger partial charge in [0.15, 0.2) is 0 Å². The minimum Gasteiger partial charge on any atom is -0.312 e. The van der Waals surface area contributed by atoms with Crippen molar-refractivity contribution in [1.82, 2.24) is 10.2 Å². The number of hydrogen-bond donors (Lipinski definition) is 1. The van der Waals surface area contributed by atoms with Crippen LogP contribution in [0.4, 0.5) is 0 Å². The summed E-state index contributed by atoms with van der Waals surface area (Å²) in [4.78, 5) is 2.67. The highest BCUT2D eigenvalue weighted by molar-refractivity contribution is 4.97. The Labute approximate surface area is 114 Å². The summed E-state index contributed by atoms with van der Waals surface area (Å²) in [6.45, 7) is 10.4. The molecule has 2 heteroatoms. The van der Waals surface area contributed by atoms with Gasteiger partial charge >= 0.3 is 0 Å². The quantitative estimate of drug-likeness (QED) is 0.729. The number of nitrogens with zero attached hydrogens (tertiary/aromatic N) is 1. The van der Waals surface area contributed by atoms with Crippen LogP contribution in [0.5, 0.6) is 0 Å². The third-order valence-corrected chi connectivity index (χ3v) is 4.30. The Morgan fingerprint density at radius 2 is 1.83 bits per heavy atom. The summed E-state index contributed by atoms with van der Waals surface area (Å²) in [6, 6.07) is 0.497. The molecule has 104 valence electrons. The number of nitrogens with one attached hydrogen (secondary N) is 1. The van der Waals surface area contributed by atoms with Crippen molar-refractivity contribution in [2.45, 2.75) is 70.9 Å². The van der Waals surface area contributed by atoms with Gasteiger partial charge in [-0.05, 0) is 52.7 Å². The second-order valence-electron chi connectivity index (χ2n) is 5.91. The third-order valence-electron chi connectivity index (χ3n) is 4.30. The van der Waals surface area contributed by atoms with Gasteiger partial charge in [0.25, 0.3) is 0 Å². The molecule has 18 heavy (non-hydrogen) atoms. The molecular weight excluding hydrogens is 220 g/mol. The molecule has 1 N–H and O–H groups in total. The van der Waals surface area contributed by atoms with Crippen molar-refractivity contribution >= 4 is 0 Å². The molecule has 1 heterocycles. The van der Waals surface area contributed by atoms with Gasteiger partial charge < -0.3 is 5.32 Å². The maximum Gasteiger partial charge on any atom is 0.0306 e. The normalized spacial score (nSPS) is 20.1. The first-order valence-corrected chi connectivity index (χ1v) is 7.54. The van der Waals surface area contributed by atoms with Crippen LogP contribution < -0.4 is 5.32 Å². The van der Waals surface area contributed by atoms with Gasteiger partial charge in [-0.2, -0.15) is 0 Å². The molecule has 1 fully saturated rings. The van der Waals surface area contributed by atoms with Crippen LogP contribution in [-0.2, 0) is 0 Å². The molecule has 1 atom stereocenters. The van der Waals surface area contributed by atoms with Gasteiger partial charge in [-0.3, -0.25) is 4.90 Å². The minimum atomic E-state index is 0.206. The highest BCUT2D eigenvalue weighted by atomic mass is 15.2. The monoisotopic (exact) mass is 250 g/mol. The van der Waals surface area contributed by atoms with Crippen LogP contribution in [0.2, 0.25) is 0 Å². The van der Waals surface area contributed by atoms with E-state index >= 15 is 0 Å². The van der Waals surface area contributed by atoms with Crippen molar-refractivity contribution in [3.8, 4) is 12.3 Å². The SMILES string of the molecule is C#CCCC(NCC)C(C)(C)N1CCCCCC1. The van der Waals surface area contributed by atoms with E-state index in [0.29, 0.717) is 6.04 Å². The van der Waals surface area contributed by atoms with Gasteiger partial charge in [-0.1, -0.05) is 19.8 Å². The Hall–Kier alpha value is -0.520. The molecule has 0 aromatic rings. The van der Waals surface area contributed by atoms with E-state index < -0.39 is 0 Å². The number of terminal acetylenes is 1. The Morgan fingerprint density at radius 3 is 2.33 bits per heavy atom. The summed E-state index contributed by atoms with van der Waals surface area (Å²) < 4.78 is 0. The first-order valence-electron chi connectivity index (χ1n) is 7.54. The standard InChI is InChI=1S/C16H30N2/c1-5-7-12-15(17-6-2)16(3,4)18-13-10-8-9-11-14-18/h1,15,17H,6-14H2,2-4H3. The van der Waals surface area contributed by atoms with Crippen LogP contribution in [0.1, 0.15) is 59.3 Å². The van der Waals surface area contributed by atoms with Crippen molar-refractivity contribution in [1.29, 1.82) is 0 Å². The van der Waals surface area contributed by atoms with Crippen LogP contribution in [0, 0.1) is 12.3 Å². The zero-order chi connectivity index (χ0) is 13.4. The lowest BCUT2D eigenvalue weighted by molar-refractivity contribution is 0.0812. The van der Waals surface area contributed by atoms with Gasteiger partial charge in [0.1, 0.15) is 0 Å². The van der Waals surface area contributed by atoms with E-state index in [9.17, 15) is 0 Å². The van der Waals surface area contributed by atoms with Crippen molar-refractivity contribution < 1.29 is 0 Å². The lowest BCUT2D eigenvalue weighted by Crippen LogP contribution is -2.58. The zero-order valence-corrected chi connectivity index (χ0v) is 12.5. The molecule has 0 radical (unpaired) electrons. The van der Waals surface area contributed by atoms with E-state index in [-0.39, 0.29) is 5.54 Å². The number of likely N-dealkylation sites (tertiary alicyclic amines) is 1. The van der Waals surface area contributed by atoms with Gasteiger partial charge in [-0.25, -0.2) is 0 Å². The van der Waals surface area contributed by atoms with Crippen molar-refractivity contribution in [2.75, 3.05) is 19.6 Å². The average molecular weight is 250 g/mol. The van der Waals surface area contributed by atoms with Crippen LogP contribution in [0.3, 0.4) is 0 Å². The van der Waals surface area contributed by atoms with Crippen LogP contribution >= 0.6 is 0 Å². The topological polar surface area (TPSA) is 15.3 Å². The fourth-order valence-corrected chi connectivity index (χ4v) is 3.05.